The number of rotatable bonds is 2. The van der Waals surface area contributed by atoms with Gasteiger partial charge in [0.15, 0.2) is 6.10 Å². The molecule has 0 radical (unpaired) electrons. The molecule has 3 heteroatoms. The number of nitrogens with zero attached hydrogens (tertiary/aromatic N) is 1. The first kappa shape index (κ1) is 9.40. The number of ether oxygens (including phenoxy) is 1. The van der Waals surface area contributed by atoms with E-state index in [1.807, 2.05) is 25.1 Å². The van der Waals surface area contributed by atoms with Gasteiger partial charge in [-0.3, -0.25) is 0 Å². The van der Waals surface area contributed by atoms with E-state index in [9.17, 15) is 0 Å². The van der Waals surface area contributed by atoms with Gasteiger partial charge in [-0.15, -0.1) is 0 Å². The minimum Gasteiger partial charge on any atom is -0.473 e. The Hall–Kier alpha value is -1.69. The predicted molar refractivity (Wildman–Crippen MR) is 51.3 cm³/mol. The average Bonchev–Trinajstić information content (AvgIpc) is 2.11. The lowest BCUT2D eigenvalue weighted by Gasteiger charge is -2.12. The Morgan fingerprint density at radius 1 is 1.54 bits per heavy atom. The zero-order chi connectivity index (χ0) is 9.84. The van der Waals surface area contributed by atoms with Crippen molar-refractivity contribution in [3.8, 4) is 11.8 Å². The van der Waals surface area contributed by atoms with E-state index in [-0.39, 0.29) is 0 Å². The van der Waals surface area contributed by atoms with Crippen LogP contribution >= 0.6 is 0 Å². The van der Waals surface area contributed by atoms with E-state index in [1.54, 1.807) is 13.0 Å². The van der Waals surface area contributed by atoms with Crippen molar-refractivity contribution < 1.29 is 4.74 Å². The molecule has 13 heavy (non-hydrogen) atoms. The molecule has 0 saturated carbocycles. The molecule has 0 aliphatic rings. The SMILES string of the molecule is Cc1cccc(N)c1OC(C)C#N. The van der Waals surface area contributed by atoms with Crippen molar-refractivity contribution in [3.05, 3.63) is 23.8 Å². The molecule has 68 valence electrons. The monoisotopic (exact) mass is 176 g/mol. The Balaban J connectivity index is 2.95. The molecular formula is C10H12N2O. The first-order valence-corrected chi connectivity index (χ1v) is 4.06. The third kappa shape index (κ3) is 2.12. The fourth-order valence-corrected chi connectivity index (χ4v) is 1.04. The number of para-hydroxylation sites is 1. The molecule has 0 spiro atoms. The van der Waals surface area contributed by atoms with Crippen LogP contribution in [-0.2, 0) is 0 Å². The summed E-state index contributed by atoms with van der Waals surface area (Å²) < 4.78 is 5.34. The van der Waals surface area contributed by atoms with Gasteiger partial charge >= 0.3 is 0 Å². The van der Waals surface area contributed by atoms with Crippen molar-refractivity contribution in [1.82, 2.24) is 0 Å². The molecule has 1 aromatic carbocycles. The van der Waals surface area contributed by atoms with E-state index >= 15 is 0 Å². The predicted octanol–water partition coefficient (Wildman–Crippen LogP) is 1.87. The molecule has 0 aliphatic carbocycles. The highest BCUT2D eigenvalue weighted by Gasteiger charge is 2.07. The largest absolute Gasteiger partial charge is 0.473 e. The maximum atomic E-state index is 8.56. The van der Waals surface area contributed by atoms with Gasteiger partial charge in [0.1, 0.15) is 11.8 Å². The van der Waals surface area contributed by atoms with Crippen molar-refractivity contribution in [3.63, 3.8) is 0 Å². The number of nitrogen functional groups attached to an aromatic ring is 1. The van der Waals surface area contributed by atoms with E-state index in [1.165, 1.54) is 0 Å². The van der Waals surface area contributed by atoms with E-state index in [4.69, 9.17) is 15.7 Å². The highest BCUT2D eigenvalue weighted by atomic mass is 16.5. The second kappa shape index (κ2) is 3.81. The van der Waals surface area contributed by atoms with Crippen molar-refractivity contribution in [1.29, 1.82) is 5.26 Å². The molecule has 1 rings (SSSR count). The number of anilines is 1. The van der Waals surface area contributed by atoms with Gasteiger partial charge in [0.25, 0.3) is 0 Å². The number of benzene rings is 1. The van der Waals surface area contributed by atoms with Gasteiger partial charge in [0.2, 0.25) is 0 Å². The van der Waals surface area contributed by atoms with Crippen LogP contribution in [0, 0.1) is 18.3 Å². The summed E-state index contributed by atoms with van der Waals surface area (Å²) in [5.74, 6) is 0.608. The van der Waals surface area contributed by atoms with Crippen LogP contribution < -0.4 is 10.5 Å². The van der Waals surface area contributed by atoms with Crippen LogP contribution in [0.1, 0.15) is 12.5 Å². The quantitative estimate of drug-likeness (QED) is 0.700. The molecule has 1 unspecified atom stereocenters. The van der Waals surface area contributed by atoms with Crippen LogP contribution in [0.15, 0.2) is 18.2 Å². The maximum Gasteiger partial charge on any atom is 0.181 e. The highest BCUT2D eigenvalue weighted by molar-refractivity contribution is 5.56. The minimum absolute atomic E-state index is 0.469. The lowest BCUT2D eigenvalue weighted by atomic mass is 10.2. The summed E-state index contributed by atoms with van der Waals surface area (Å²) in [7, 11) is 0. The Bertz CT molecular complexity index is 321. The van der Waals surface area contributed by atoms with Crippen molar-refractivity contribution >= 4 is 5.69 Å². The molecule has 0 fully saturated rings. The zero-order valence-electron chi connectivity index (χ0n) is 7.74. The number of hydrogen-bond acceptors (Lipinski definition) is 3. The second-order valence-electron chi connectivity index (χ2n) is 2.88. The fourth-order valence-electron chi connectivity index (χ4n) is 1.04. The van der Waals surface area contributed by atoms with Gasteiger partial charge in [0.05, 0.1) is 5.69 Å². The van der Waals surface area contributed by atoms with Crippen molar-refractivity contribution in [2.24, 2.45) is 0 Å². The van der Waals surface area contributed by atoms with Crippen molar-refractivity contribution in [2.75, 3.05) is 5.73 Å². The van der Waals surface area contributed by atoms with Crippen molar-refractivity contribution in [2.45, 2.75) is 20.0 Å². The van der Waals surface area contributed by atoms with E-state index in [2.05, 4.69) is 0 Å². The smallest absolute Gasteiger partial charge is 0.181 e. The molecule has 3 nitrogen and oxygen atoms in total. The summed E-state index contributed by atoms with van der Waals surface area (Å²) in [4.78, 5) is 0. The van der Waals surface area contributed by atoms with Crippen LogP contribution in [0.4, 0.5) is 5.69 Å². The second-order valence-corrected chi connectivity index (χ2v) is 2.88. The molecule has 0 heterocycles. The van der Waals surface area contributed by atoms with Crippen LogP contribution in [0.5, 0.6) is 5.75 Å². The fraction of sp³-hybridized carbons (Fsp3) is 0.300. The summed E-state index contributed by atoms with van der Waals surface area (Å²) in [6.45, 7) is 3.58. The molecule has 1 aromatic rings. The van der Waals surface area contributed by atoms with Crippen LogP contribution in [0.3, 0.4) is 0 Å². The summed E-state index contributed by atoms with van der Waals surface area (Å²) >= 11 is 0. The van der Waals surface area contributed by atoms with Gasteiger partial charge in [-0.05, 0) is 25.5 Å². The number of nitrogens with two attached hydrogens (primary N) is 1. The van der Waals surface area contributed by atoms with E-state index in [0.717, 1.165) is 5.56 Å². The normalized spacial score (nSPS) is 11.8. The molecule has 0 aliphatic heterocycles. The topological polar surface area (TPSA) is 59.0 Å². The lowest BCUT2D eigenvalue weighted by Crippen LogP contribution is -2.10. The molecule has 1 atom stereocenters. The summed E-state index contributed by atoms with van der Waals surface area (Å²) in [6.07, 6.45) is -0.469. The Morgan fingerprint density at radius 3 is 2.77 bits per heavy atom. The maximum absolute atomic E-state index is 8.56. The highest BCUT2D eigenvalue weighted by Crippen LogP contribution is 2.26. The lowest BCUT2D eigenvalue weighted by molar-refractivity contribution is 0.276. The third-order valence-electron chi connectivity index (χ3n) is 1.72. The van der Waals surface area contributed by atoms with Gasteiger partial charge in [-0.2, -0.15) is 5.26 Å². The minimum atomic E-state index is -0.469. The standard InChI is InChI=1S/C10H12N2O/c1-7-4-3-5-9(12)10(7)13-8(2)6-11/h3-5,8H,12H2,1-2H3. The number of aryl methyl sites for hydroxylation is 1. The first-order valence-electron chi connectivity index (χ1n) is 4.06. The van der Waals surface area contributed by atoms with Gasteiger partial charge in [-0.1, -0.05) is 12.1 Å². The Kier molecular flexibility index (Phi) is 2.76. The summed E-state index contributed by atoms with van der Waals surface area (Å²) in [5.41, 5.74) is 7.21. The Morgan fingerprint density at radius 2 is 2.23 bits per heavy atom. The molecule has 0 saturated heterocycles. The van der Waals surface area contributed by atoms with Gasteiger partial charge in [0, 0.05) is 0 Å². The zero-order valence-corrected chi connectivity index (χ0v) is 7.74. The summed E-state index contributed by atoms with van der Waals surface area (Å²) in [5, 5.41) is 8.56. The first-order chi connectivity index (χ1) is 6.15. The molecule has 0 bridgehead atoms. The summed E-state index contributed by atoms with van der Waals surface area (Å²) in [6, 6.07) is 7.50. The van der Waals surface area contributed by atoms with E-state index < -0.39 is 6.10 Å². The van der Waals surface area contributed by atoms with Gasteiger partial charge < -0.3 is 10.5 Å². The Labute approximate surface area is 77.7 Å². The molecule has 2 N–H and O–H groups in total. The molecule has 0 amide bonds. The number of nitriles is 1. The number of hydrogen-bond donors (Lipinski definition) is 1. The van der Waals surface area contributed by atoms with Crippen LogP contribution in [-0.4, -0.2) is 6.10 Å². The molecular weight excluding hydrogens is 164 g/mol. The molecule has 0 aromatic heterocycles. The van der Waals surface area contributed by atoms with Crippen LogP contribution in [0.2, 0.25) is 0 Å². The third-order valence-corrected chi connectivity index (χ3v) is 1.72. The van der Waals surface area contributed by atoms with Crippen LogP contribution in [0.25, 0.3) is 0 Å². The average molecular weight is 176 g/mol. The van der Waals surface area contributed by atoms with Gasteiger partial charge in [-0.25, -0.2) is 0 Å². The van der Waals surface area contributed by atoms with E-state index in [0.29, 0.717) is 11.4 Å².